The van der Waals surface area contributed by atoms with Crippen LogP contribution in [0.5, 0.6) is 5.75 Å². The second-order valence-corrected chi connectivity index (χ2v) is 3.82. The Hall–Kier alpha value is -1.33. The highest BCUT2D eigenvalue weighted by atomic mass is 32.1. The molecular formula is C11H16N2O2S. The summed E-state index contributed by atoms with van der Waals surface area (Å²) in [7, 11) is 1.62. The molecule has 0 aliphatic rings. The summed E-state index contributed by atoms with van der Waals surface area (Å²) in [5.74, 6) is 0.799. The number of anilines is 1. The number of hydrogen-bond acceptors (Lipinski definition) is 3. The van der Waals surface area contributed by atoms with Crippen LogP contribution in [-0.4, -0.2) is 30.0 Å². The third kappa shape index (κ3) is 4.46. The van der Waals surface area contributed by atoms with Gasteiger partial charge in [0.15, 0.2) is 5.11 Å². The predicted octanol–water partition coefficient (Wildman–Crippen LogP) is 1.36. The minimum atomic E-state index is -0.421. The SMILES string of the molecule is COc1ccc(NC(=S)NCC(C)O)cc1. The lowest BCUT2D eigenvalue weighted by atomic mass is 10.3. The molecule has 0 heterocycles. The van der Waals surface area contributed by atoms with Crippen LogP contribution in [-0.2, 0) is 0 Å². The normalized spacial score (nSPS) is 11.7. The Morgan fingerprint density at radius 1 is 1.44 bits per heavy atom. The zero-order valence-electron chi connectivity index (χ0n) is 9.36. The Labute approximate surface area is 101 Å². The second kappa shape index (κ2) is 6.30. The summed E-state index contributed by atoms with van der Waals surface area (Å²) in [6.45, 7) is 2.13. The lowest BCUT2D eigenvalue weighted by Crippen LogP contribution is -2.33. The van der Waals surface area contributed by atoms with Gasteiger partial charge in [-0.3, -0.25) is 0 Å². The number of aliphatic hydroxyl groups is 1. The van der Waals surface area contributed by atoms with Gasteiger partial charge in [0.25, 0.3) is 0 Å². The molecule has 0 amide bonds. The van der Waals surface area contributed by atoms with Gasteiger partial charge in [-0.15, -0.1) is 0 Å². The average Bonchev–Trinajstić information content (AvgIpc) is 2.27. The number of aliphatic hydroxyl groups excluding tert-OH is 1. The minimum Gasteiger partial charge on any atom is -0.497 e. The van der Waals surface area contributed by atoms with Gasteiger partial charge in [0.1, 0.15) is 5.75 Å². The smallest absolute Gasteiger partial charge is 0.170 e. The van der Waals surface area contributed by atoms with Crippen LogP contribution >= 0.6 is 12.2 Å². The maximum absolute atomic E-state index is 9.07. The maximum Gasteiger partial charge on any atom is 0.170 e. The molecule has 0 radical (unpaired) electrons. The molecular weight excluding hydrogens is 224 g/mol. The van der Waals surface area contributed by atoms with Gasteiger partial charge in [-0.1, -0.05) is 0 Å². The fourth-order valence-electron chi connectivity index (χ4n) is 1.09. The van der Waals surface area contributed by atoms with Gasteiger partial charge in [0.2, 0.25) is 0 Å². The van der Waals surface area contributed by atoms with E-state index in [0.717, 1.165) is 11.4 Å². The van der Waals surface area contributed by atoms with Crippen molar-refractivity contribution in [1.29, 1.82) is 0 Å². The average molecular weight is 240 g/mol. The molecule has 0 saturated carbocycles. The Morgan fingerprint density at radius 3 is 2.56 bits per heavy atom. The molecule has 0 fully saturated rings. The number of hydrogen-bond donors (Lipinski definition) is 3. The Morgan fingerprint density at radius 2 is 2.06 bits per heavy atom. The molecule has 1 aromatic carbocycles. The van der Waals surface area contributed by atoms with Crippen LogP contribution < -0.4 is 15.4 Å². The van der Waals surface area contributed by atoms with E-state index >= 15 is 0 Å². The Balaban J connectivity index is 2.43. The number of thiocarbonyl (C=S) groups is 1. The first-order chi connectivity index (χ1) is 7.61. The first kappa shape index (κ1) is 12.7. The van der Waals surface area contributed by atoms with Crippen LogP contribution in [0.2, 0.25) is 0 Å². The van der Waals surface area contributed by atoms with E-state index < -0.39 is 6.10 Å². The Bertz CT molecular complexity index is 338. The summed E-state index contributed by atoms with van der Waals surface area (Å²) in [5, 5.41) is 15.5. The minimum absolute atomic E-state index is 0.421. The lowest BCUT2D eigenvalue weighted by molar-refractivity contribution is 0.198. The molecule has 0 aliphatic heterocycles. The molecule has 1 aromatic rings. The molecule has 16 heavy (non-hydrogen) atoms. The molecule has 0 saturated heterocycles. The molecule has 1 atom stereocenters. The lowest BCUT2D eigenvalue weighted by Gasteiger charge is -2.11. The van der Waals surface area contributed by atoms with Crippen LogP contribution in [0, 0.1) is 0 Å². The van der Waals surface area contributed by atoms with Crippen molar-refractivity contribution in [2.24, 2.45) is 0 Å². The number of benzene rings is 1. The fraction of sp³-hybridized carbons (Fsp3) is 0.364. The van der Waals surface area contributed by atoms with Crippen molar-refractivity contribution in [3.8, 4) is 5.75 Å². The van der Waals surface area contributed by atoms with E-state index in [2.05, 4.69) is 10.6 Å². The third-order valence-electron chi connectivity index (χ3n) is 1.91. The summed E-state index contributed by atoms with van der Waals surface area (Å²) in [5.41, 5.74) is 0.879. The van der Waals surface area contributed by atoms with Crippen molar-refractivity contribution < 1.29 is 9.84 Å². The van der Waals surface area contributed by atoms with Gasteiger partial charge in [0.05, 0.1) is 13.2 Å². The second-order valence-electron chi connectivity index (χ2n) is 3.41. The fourth-order valence-corrected chi connectivity index (χ4v) is 1.29. The van der Waals surface area contributed by atoms with E-state index in [-0.39, 0.29) is 0 Å². The van der Waals surface area contributed by atoms with Crippen molar-refractivity contribution in [2.45, 2.75) is 13.0 Å². The third-order valence-corrected chi connectivity index (χ3v) is 2.15. The number of methoxy groups -OCH3 is 1. The summed E-state index contributed by atoms with van der Waals surface area (Å²) in [4.78, 5) is 0. The maximum atomic E-state index is 9.07. The molecule has 0 spiro atoms. The number of nitrogens with one attached hydrogen (secondary N) is 2. The first-order valence-electron chi connectivity index (χ1n) is 4.99. The van der Waals surface area contributed by atoms with E-state index in [4.69, 9.17) is 22.1 Å². The highest BCUT2D eigenvalue weighted by molar-refractivity contribution is 7.80. The molecule has 88 valence electrons. The molecule has 5 heteroatoms. The number of rotatable bonds is 4. The Kier molecular flexibility index (Phi) is 5.01. The molecule has 4 nitrogen and oxygen atoms in total. The van der Waals surface area contributed by atoms with Crippen LogP contribution in [0.15, 0.2) is 24.3 Å². The van der Waals surface area contributed by atoms with Gasteiger partial charge in [-0.2, -0.15) is 0 Å². The van der Waals surface area contributed by atoms with E-state index in [9.17, 15) is 0 Å². The van der Waals surface area contributed by atoms with Crippen molar-refractivity contribution in [2.75, 3.05) is 19.0 Å². The van der Waals surface area contributed by atoms with Gasteiger partial charge < -0.3 is 20.5 Å². The van der Waals surface area contributed by atoms with Crippen LogP contribution in [0.3, 0.4) is 0 Å². The standard InChI is InChI=1S/C11H16N2O2S/c1-8(14)7-12-11(16)13-9-3-5-10(15-2)6-4-9/h3-6,8,14H,7H2,1-2H3,(H2,12,13,16). The molecule has 0 aromatic heterocycles. The van der Waals surface area contributed by atoms with Crippen LogP contribution in [0.25, 0.3) is 0 Å². The zero-order chi connectivity index (χ0) is 12.0. The highest BCUT2D eigenvalue weighted by Crippen LogP contribution is 2.14. The quantitative estimate of drug-likeness (QED) is 0.694. The zero-order valence-corrected chi connectivity index (χ0v) is 10.2. The van der Waals surface area contributed by atoms with Gasteiger partial charge in [0, 0.05) is 12.2 Å². The summed E-state index contributed by atoms with van der Waals surface area (Å²) in [6, 6.07) is 7.43. The predicted molar refractivity (Wildman–Crippen MR) is 68.9 cm³/mol. The first-order valence-corrected chi connectivity index (χ1v) is 5.39. The van der Waals surface area contributed by atoms with Crippen molar-refractivity contribution in [3.63, 3.8) is 0 Å². The summed E-state index contributed by atoms with van der Waals surface area (Å²) >= 11 is 5.05. The van der Waals surface area contributed by atoms with E-state index in [0.29, 0.717) is 11.7 Å². The highest BCUT2D eigenvalue weighted by Gasteiger charge is 1.99. The van der Waals surface area contributed by atoms with E-state index in [1.807, 2.05) is 24.3 Å². The molecule has 0 bridgehead atoms. The molecule has 3 N–H and O–H groups in total. The van der Waals surface area contributed by atoms with E-state index in [1.165, 1.54) is 0 Å². The van der Waals surface area contributed by atoms with Crippen molar-refractivity contribution in [3.05, 3.63) is 24.3 Å². The summed E-state index contributed by atoms with van der Waals surface area (Å²) < 4.78 is 5.04. The van der Waals surface area contributed by atoms with Crippen molar-refractivity contribution in [1.82, 2.24) is 5.32 Å². The monoisotopic (exact) mass is 240 g/mol. The van der Waals surface area contributed by atoms with Gasteiger partial charge in [-0.25, -0.2) is 0 Å². The van der Waals surface area contributed by atoms with Crippen LogP contribution in [0.1, 0.15) is 6.92 Å². The largest absolute Gasteiger partial charge is 0.497 e. The molecule has 1 rings (SSSR count). The van der Waals surface area contributed by atoms with Crippen molar-refractivity contribution >= 4 is 23.0 Å². The number of ether oxygens (including phenoxy) is 1. The van der Waals surface area contributed by atoms with Gasteiger partial charge >= 0.3 is 0 Å². The molecule has 1 unspecified atom stereocenters. The van der Waals surface area contributed by atoms with Crippen LogP contribution in [0.4, 0.5) is 5.69 Å². The van der Waals surface area contributed by atoms with E-state index in [1.54, 1.807) is 14.0 Å². The molecule has 0 aliphatic carbocycles. The summed E-state index contributed by atoms with van der Waals surface area (Å²) in [6.07, 6.45) is -0.421. The van der Waals surface area contributed by atoms with Gasteiger partial charge in [-0.05, 0) is 43.4 Å². The topological polar surface area (TPSA) is 53.5 Å².